The van der Waals surface area contributed by atoms with E-state index < -0.39 is 0 Å². The third-order valence-corrected chi connectivity index (χ3v) is 4.31. The van der Waals surface area contributed by atoms with E-state index in [4.69, 9.17) is 9.15 Å². The maximum Gasteiger partial charge on any atom is 0.320 e. The Morgan fingerprint density at radius 2 is 1.93 bits per heavy atom. The first-order valence-electron chi connectivity index (χ1n) is 8.98. The Hall–Kier alpha value is -4.20. The standard InChI is InChI=1S/C21H16N6O2/c1-13-4-2-6-15(10-13)25-21-27-26-19(29-21)14-5-3-7-16(11-14)28-20-17-8-9-22-18(17)23-12-24-20/h2-12H,1H3,(H,25,27)(H,22,23,24). The van der Waals surface area contributed by atoms with E-state index in [0.717, 1.165) is 27.8 Å². The number of anilines is 2. The molecular formula is C21H16N6O2. The Bertz CT molecular complexity index is 1290. The number of hydrogen-bond acceptors (Lipinski definition) is 7. The monoisotopic (exact) mass is 384 g/mol. The van der Waals surface area contributed by atoms with Crippen molar-refractivity contribution in [2.75, 3.05) is 5.32 Å². The van der Waals surface area contributed by atoms with E-state index in [2.05, 4.69) is 30.5 Å². The summed E-state index contributed by atoms with van der Waals surface area (Å²) >= 11 is 0. The molecule has 29 heavy (non-hydrogen) atoms. The lowest BCUT2D eigenvalue weighted by Gasteiger charge is -2.06. The SMILES string of the molecule is Cc1cccc(Nc2nnc(-c3cccc(Oc4ncnc5[nH]ccc45)c3)o2)c1. The van der Waals surface area contributed by atoms with Gasteiger partial charge in [0.25, 0.3) is 0 Å². The minimum Gasteiger partial charge on any atom is -0.438 e. The number of aromatic nitrogens is 5. The van der Waals surface area contributed by atoms with E-state index in [-0.39, 0.29) is 0 Å². The largest absolute Gasteiger partial charge is 0.438 e. The summed E-state index contributed by atoms with van der Waals surface area (Å²) in [4.78, 5) is 11.4. The van der Waals surface area contributed by atoms with Crippen LogP contribution in [-0.2, 0) is 0 Å². The predicted octanol–water partition coefficient (Wildman–Crippen LogP) is 4.85. The van der Waals surface area contributed by atoms with Crippen molar-refractivity contribution in [1.82, 2.24) is 25.1 Å². The van der Waals surface area contributed by atoms with Gasteiger partial charge in [0.1, 0.15) is 17.7 Å². The first kappa shape index (κ1) is 16.9. The minimum atomic E-state index is 0.321. The van der Waals surface area contributed by atoms with E-state index >= 15 is 0 Å². The second-order valence-electron chi connectivity index (χ2n) is 6.46. The number of hydrogen-bond donors (Lipinski definition) is 2. The summed E-state index contributed by atoms with van der Waals surface area (Å²) in [6, 6.07) is 17.5. The van der Waals surface area contributed by atoms with Gasteiger partial charge in [-0.15, -0.1) is 5.10 Å². The molecule has 2 N–H and O–H groups in total. The molecule has 5 aromatic rings. The molecule has 0 saturated carbocycles. The number of ether oxygens (including phenoxy) is 1. The van der Waals surface area contributed by atoms with Gasteiger partial charge in [-0.3, -0.25) is 0 Å². The average Bonchev–Trinajstić information content (AvgIpc) is 3.38. The Kier molecular flexibility index (Phi) is 4.14. The third kappa shape index (κ3) is 3.51. The van der Waals surface area contributed by atoms with Crippen molar-refractivity contribution in [3.8, 4) is 23.1 Å². The summed E-state index contributed by atoms with van der Waals surface area (Å²) in [5.41, 5.74) is 3.49. The molecule has 0 radical (unpaired) electrons. The van der Waals surface area contributed by atoms with E-state index in [9.17, 15) is 0 Å². The highest BCUT2D eigenvalue weighted by Gasteiger charge is 2.12. The van der Waals surface area contributed by atoms with Crippen molar-refractivity contribution in [3.05, 3.63) is 72.7 Å². The van der Waals surface area contributed by atoms with Gasteiger partial charge < -0.3 is 19.5 Å². The first-order chi connectivity index (χ1) is 14.2. The zero-order valence-electron chi connectivity index (χ0n) is 15.5. The second kappa shape index (κ2) is 7.08. The molecule has 0 fully saturated rings. The molecular weight excluding hydrogens is 368 g/mol. The molecule has 0 saturated heterocycles. The summed E-state index contributed by atoms with van der Waals surface area (Å²) in [7, 11) is 0. The van der Waals surface area contributed by atoms with E-state index in [1.54, 1.807) is 6.20 Å². The van der Waals surface area contributed by atoms with Crippen molar-refractivity contribution in [3.63, 3.8) is 0 Å². The molecule has 8 nitrogen and oxygen atoms in total. The molecule has 0 spiro atoms. The van der Waals surface area contributed by atoms with Crippen molar-refractivity contribution < 1.29 is 9.15 Å². The van der Waals surface area contributed by atoms with Crippen LogP contribution in [0.4, 0.5) is 11.7 Å². The van der Waals surface area contributed by atoms with Crippen LogP contribution in [-0.4, -0.2) is 25.1 Å². The summed E-state index contributed by atoms with van der Waals surface area (Å²) in [5, 5.41) is 12.1. The van der Waals surface area contributed by atoms with Crippen LogP contribution >= 0.6 is 0 Å². The maximum atomic E-state index is 5.95. The molecule has 0 bridgehead atoms. The lowest BCUT2D eigenvalue weighted by atomic mass is 10.2. The van der Waals surface area contributed by atoms with Crippen LogP contribution in [0, 0.1) is 6.92 Å². The molecule has 0 aliphatic carbocycles. The van der Waals surface area contributed by atoms with Crippen molar-refractivity contribution in [1.29, 1.82) is 0 Å². The van der Waals surface area contributed by atoms with Crippen LogP contribution in [0.3, 0.4) is 0 Å². The van der Waals surface area contributed by atoms with Gasteiger partial charge in [0, 0.05) is 17.4 Å². The normalized spacial score (nSPS) is 10.9. The third-order valence-electron chi connectivity index (χ3n) is 4.31. The van der Waals surface area contributed by atoms with Crippen LogP contribution in [0.2, 0.25) is 0 Å². The van der Waals surface area contributed by atoms with Crippen LogP contribution < -0.4 is 10.1 Å². The smallest absolute Gasteiger partial charge is 0.320 e. The van der Waals surface area contributed by atoms with Gasteiger partial charge in [0.15, 0.2) is 0 Å². The van der Waals surface area contributed by atoms with Gasteiger partial charge in [0.2, 0.25) is 11.8 Å². The first-order valence-corrected chi connectivity index (χ1v) is 8.98. The van der Waals surface area contributed by atoms with Crippen molar-refractivity contribution in [2.45, 2.75) is 6.92 Å². The lowest BCUT2D eigenvalue weighted by Crippen LogP contribution is -1.90. The molecule has 0 aliphatic heterocycles. The number of rotatable bonds is 5. The van der Waals surface area contributed by atoms with Gasteiger partial charge in [-0.25, -0.2) is 9.97 Å². The number of aromatic amines is 1. The van der Waals surface area contributed by atoms with E-state index in [0.29, 0.717) is 23.5 Å². The molecule has 0 aliphatic rings. The minimum absolute atomic E-state index is 0.321. The van der Waals surface area contributed by atoms with Gasteiger partial charge in [0.05, 0.1) is 5.39 Å². The summed E-state index contributed by atoms with van der Waals surface area (Å²) in [6.07, 6.45) is 3.25. The van der Waals surface area contributed by atoms with Gasteiger partial charge in [-0.05, 0) is 48.9 Å². The van der Waals surface area contributed by atoms with Crippen molar-refractivity contribution in [2.24, 2.45) is 0 Å². The molecule has 2 aromatic carbocycles. The predicted molar refractivity (Wildman–Crippen MR) is 108 cm³/mol. The Morgan fingerprint density at radius 1 is 1.00 bits per heavy atom. The van der Waals surface area contributed by atoms with Gasteiger partial charge >= 0.3 is 6.01 Å². The summed E-state index contributed by atoms with van der Waals surface area (Å²) in [5.74, 6) is 1.47. The zero-order valence-corrected chi connectivity index (χ0v) is 15.5. The topological polar surface area (TPSA) is 102 Å². The molecule has 0 amide bonds. The van der Waals surface area contributed by atoms with E-state index in [1.165, 1.54) is 6.33 Å². The Labute approximate surface area is 165 Å². The Morgan fingerprint density at radius 3 is 2.86 bits per heavy atom. The second-order valence-corrected chi connectivity index (χ2v) is 6.46. The fraction of sp³-hybridized carbons (Fsp3) is 0.0476. The fourth-order valence-corrected chi connectivity index (χ4v) is 2.97. The summed E-state index contributed by atoms with van der Waals surface area (Å²) < 4.78 is 11.7. The lowest BCUT2D eigenvalue weighted by molar-refractivity contribution is 0.468. The number of H-pyrrole nitrogens is 1. The maximum absolute atomic E-state index is 5.95. The molecule has 3 aromatic heterocycles. The van der Waals surface area contributed by atoms with Crippen LogP contribution in [0.25, 0.3) is 22.5 Å². The average molecular weight is 384 g/mol. The summed E-state index contributed by atoms with van der Waals surface area (Å²) in [6.45, 7) is 2.02. The molecule has 142 valence electrons. The molecule has 0 unspecified atom stereocenters. The number of nitrogens with one attached hydrogen (secondary N) is 2. The Balaban J connectivity index is 1.39. The van der Waals surface area contributed by atoms with Crippen LogP contribution in [0.1, 0.15) is 5.56 Å². The quantitative estimate of drug-likeness (QED) is 0.446. The van der Waals surface area contributed by atoms with Crippen LogP contribution in [0.5, 0.6) is 11.6 Å². The number of fused-ring (bicyclic) bond motifs is 1. The van der Waals surface area contributed by atoms with Crippen LogP contribution in [0.15, 0.2) is 71.5 Å². The number of aryl methyl sites for hydroxylation is 1. The molecule has 5 rings (SSSR count). The zero-order chi connectivity index (χ0) is 19.6. The molecule has 0 atom stereocenters. The van der Waals surface area contributed by atoms with E-state index in [1.807, 2.05) is 61.5 Å². The van der Waals surface area contributed by atoms with Gasteiger partial charge in [-0.2, -0.15) is 0 Å². The van der Waals surface area contributed by atoms with Gasteiger partial charge in [-0.1, -0.05) is 23.3 Å². The van der Waals surface area contributed by atoms with Crippen molar-refractivity contribution >= 4 is 22.7 Å². The number of nitrogens with zero attached hydrogens (tertiary/aromatic N) is 4. The highest BCUT2D eigenvalue weighted by molar-refractivity contribution is 5.80. The number of benzene rings is 2. The molecule has 3 heterocycles. The molecule has 8 heteroatoms. The fourth-order valence-electron chi connectivity index (χ4n) is 2.97. The highest BCUT2D eigenvalue weighted by Crippen LogP contribution is 2.30. The highest BCUT2D eigenvalue weighted by atomic mass is 16.5.